The lowest BCUT2D eigenvalue weighted by Crippen LogP contribution is -2.30. The van der Waals surface area contributed by atoms with Gasteiger partial charge in [0.15, 0.2) is 0 Å². The normalized spacial score (nSPS) is 19.1. The molecule has 0 spiro atoms. The Morgan fingerprint density at radius 1 is 1.56 bits per heavy atom. The van der Waals surface area contributed by atoms with Crippen molar-refractivity contribution in [1.29, 1.82) is 0 Å². The van der Waals surface area contributed by atoms with Gasteiger partial charge in [0, 0.05) is 18.3 Å². The van der Waals surface area contributed by atoms with Crippen molar-refractivity contribution in [1.82, 2.24) is 0 Å². The quantitative estimate of drug-likeness (QED) is 0.865. The summed E-state index contributed by atoms with van der Waals surface area (Å²) in [6, 6.07) is 5.25. The maximum atomic E-state index is 11.9. The Labute approximate surface area is 112 Å². The molecule has 6 heteroatoms. The van der Waals surface area contributed by atoms with E-state index >= 15 is 0 Å². The van der Waals surface area contributed by atoms with Crippen LogP contribution in [0, 0.1) is 5.92 Å². The third-order valence-electron chi connectivity index (χ3n) is 2.95. The van der Waals surface area contributed by atoms with Crippen molar-refractivity contribution < 1.29 is 19.4 Å². The largest absolute Gasteiger partial charge is 0.495 e. The zero-order valence-electron chi connectivity index (χ0n) is 9.72. The standard InChI is InChI=1S/C12H12BrNO4/c1-18-10-6-7(2-3-9(10)13)14-5-4-8(11(14)15)12(16)17/h2-3,6,8H,4-5H2,1H3,(H,16,17). The van der Waals surface area contributed by atoms with Gasteiger partial charge in [-0.15, -0.1) is 0 Å². The Kier molecular flexibility index (Phi) is 3.56. The Hall–Kier alpha value is -1.56. The van der Waals surface area contributed by atoms with Crippen molar-refractivity contribution in [3.8, 4) is 5.75 Å². The van der Waals surface area contributed by atoms with Gasteiger partial charge in [-0.3, -0.25) is 9.59 Å². The number of hydrogen-bond acceptors (Lipinski definition) is 3. The Morgan fingerprint density at radius 2 is 2.28 bits per heavy atom. The monoisotopic (exact) mass is 313 g/mol. The molecule has 1 fully saturated rings. The van der Waals surface area contributed by atoms with Crippen molar-refractivity contribution in [2.75, 3.05) is 18.6 Å². The van der Waals surface area contributed by atoms with E-state index in [0.717, 1.165) is 4.47 Å². The van der Waals surface area contributed by atoms with E-state index < -0.39 is 11.9 Å². The summed E-state index contributed by atoms with van der Waals surface area (Å²) in [4.78, 5) is 24.3. The van der Waals surface area contributed by atoms with Gasteiger partial charge in [0.2, 0.25) is 5.91 Å². The number of anilines is 1. The first kappa shape index (κ1) is 12.9. The summed E-state index contributed by atoms with van der Waals surface area (Å²) in [5.74, 6) is -1.75. The molecule has 1 atom stereocenters. The molecule has 0 radical (unpaired) electrons. The van der Waals surface area contributed by atoms with Crippen LogP contribution in [-0.4, -0.2) is 30.6 Å². The van der Waals surface area contributed by atoms with Crippen molar-refractivity contribution in [3.05, 3.63) is 22.7 Å². The van der Waals surface area contributed by atoms with E-state index in [4.69, 9.17) is 9.84 Å². The van der Waals surface area contributed by atoms with Crippen molar-refractivity contribution in [2.45, 2.75) is 6.42 Å². The summed E-state index contributed by atoms with van der Waals surface area (Å²) >= 11 is 3.33. The molecule has 5 nitrogen and oxygen atoms in total. The van der Waals surface area contributed by atoms with Crippen LogP contribution in [0.1, 0.15) is 6.42 Å². The highest BCUT2D eigenvalue weighted by molar-refractivity contribution is 9.10. The molecule has 1 aliphatic rings. The number of nitrogens with zero attached hydrogens (tertiary/aromatic N) is 1. The van der Waals surface area contributed by atoms with Crippen LogP contribution in [0.4, 0.5) is 5.69 Å². The van der Waals surface area contributed by atoms with Gasteiger partial charge in [-0.1, -0.05) is 0 Å². The van der Waals surface area contributed by atoms with E-state index in [-0.39, 0.29) is 5.91 Å². The highest BCUT2D eigenvalue weighted by Gasteiger charge is 2.37. The van der Waals surface area contributed by atoms with Crippen LogP contribution in [0.5, 0.6) is 5.75 Å². The molecule has 1 heterocycles. The molecule has 1 unspecified atom stereocenters. The molecular formula is C12H12BrNO4. The molecule has 1 saturated heterocycles. The Morgan fingerprint density at radius 3 is 2.83 bits per heavy atom. The van der Waals surface area contributed by atoms with E-state index in [2.05, 4.69) is 15.9 Å². The van der Waals surface area contributed by atoms with Crippen LogP contribution in [-0.2, 0) is 9.59 Å². The molecule has 1 N–H and O–H groups in total. The summed E-state index contributed by atoms with van der Waals surface area (Å²) in [7, 11) is 1.54. The average molecular weight is 314 g/mol. The van der Waals surface area contributed by atoms with Crippen LogP contribution < -0.4 is 9.64 Å². The minimum Gasteiger partial charge on any atom is -0.495 e. The van der Waals surface area contributed by atoms with Gasteiger partial charge in [0.25, 0.3) is 0 Å². The van der Waals surface area contributed by atoms with E-state index in [1.165, 1.54) is 12.0 Å². The topological polar surface area (TPSA) is 66.8 Å². The van der Waals surface area contributed by atoms with Crippen LogP contribution in [0.15, 0.2) is 22.7 Å². The minimum absolute atomic E-state index is 0.340. The molecular weight excluding hydrogens is 302 g/mol. The summed E-state index contributed by atoms with van der Waals surface area (Å²) in [6.45, 7) is 0.417. The van der Waals surface area contributed by atoms with Crippen LogP contribution >= 0.6 is 15.9 Å². The molecule has 0 aliphatic carbocycles. The number of carbonyl (C=O) groups is 2. The molecule has 1 aliphatic heterocycles. The summed E-state index contributed by atoms with van der Waals surface area (Å²) in [5.41, 5.74) is 0.656. The number of amides is 1. The lowest BCUT2D eigenvalue weighted by molar-refractivity contribution is -0.144. The predicted molar refractivity (Wildman–Crippen MR) is 68.8 cm³/mol. The second kappa shape index (κ2) is 4.97. The molecule has 0 aromatic heterocycles. The first-order chi connectivity index (χ1) is 8.54. The lowest BCUT2D eigenvalue weighted by atomic mass is 10.1. The number of aliphatic carboxylic acids is 1. The second-order valence-electron chi connectivity index (χ2n) is 3.99. The molecule has 1 aromatic carbocycles. The number of carbonyl (C=O) groups excluding carboxylic acids is 1. The van der Waals surface area contributed by atoms with E-state index in [1.807, 2.05) is 0 Å². The number of benzene rings is 1. The van der Waals surface area contributed by atoms with E-state index in [9.17, 15) is 9.59 Å². The zero-order valence-corrected chi connectivity index (χ0v) is 11.3. The first-order valence-corrected chi connectivity index (χ1v) is 6.21. The fourth-order valence-corrected chi connectivity index (χ4v) is 2.39. The van der Waals surface area contributed by atoms with Crippen molar-refractivity contribution in [3.63, 3.8) is 0 Å². The van der Waals surface area contributed by atoms with Crippen LogP contribution in [0.3, 0.4) is 0 Å². The molecule has 1 amide bonds. The van der Waals surface area contributed by atoms with Crippen LogP contribution in [0.25, 0.3) is 0 Å². The minimum atomic E-state index is -1.06. The maximum Gasteiger partial charge on any atom is 0.316 e. The average Bonchev–Trinajstić information content (AvgIpc) is 2.72. The lowest BCUT2D eigenvalue weighted by Gasteiger charge is -2.17. The zero-order chi connectivity index (χ0) is 13.3. The second-order valence-corrected chi connectivity index (χ2v) is 4.84. The van der Waals surface area contributed by atoms with Gasteiger partial charge in [-0.05, 0) is 34.5 Å². The van der Waals surface area contributed by atoms with Gasteiger partial charge in [-0.25, -0.2) is 0 Å². The Bertz CT molecular complexity index is 503. The smallest absolute Gasteiger partial charge is 0.316 e. The van der Waals surface area contributed by atoms with E-state index in [1.54, 1.807) is 18.2 Å². The van der Waals surface area contributed by atoms with Crippen LogP contribution in [0.2, 0.25) is 0 Å². The molecule has 1 aromatic rings. The summed E-state index contributed by atoms with van der Waals surface area (Å²) < 4.78 is 5.94. The SMILES string of the molecule is COc1cc(N2CCC(C(=O)O)C2=O)ccc1Br. The third kappa shape index (κ3) is 2.20. The number of rotatable bonds is 3. The number of halogens is 1. The first-order valence-electron chi connectivity index (χ1n) is 5.42. The van der Waals surface area contributed by atoms with Crippen molar-refractivity contribution >= 4 is 33.5 Å². The van der Waals surface area contributed by atoms with Gasteiger partial charge >= 0.3 is 5.97 Å². The number of carboxylic acid groups (broad SMARTS) is 1. The third-order valence-corrected chi connectivity index (χ3v) is 3.61. The fourth-order valence-electron chi connectivity index (χ4n) is 1.98. The molecule has 0 saturated carbocycles. The number of hydrogen-bond donors (Lipinski definition) is 1. The number of methoxy groups -OCH3 is 1. The molecule has 0 bridgehead atoms. The molecule has 96 valence electrons. The maximum absolute atomic E-state index is 11.9. The van der Waals surface area contributed by atoms with Gasteiger partial charge in [-0.2, -0.15) is 0 Å². The van der Waals surface area contributed by atoms with Gasteiger partial charge in [0.1, 0.15) is 11.7 Å². The fraction of sp³-hybridized carbons (Fsp3) is 0.333. The number of carboxylic acids is 1. The van der Waals surface area contributed by atoms with E-state index in [0.29, 0.717) is 24.4 Å². The van der Waals surface area contributed by atoms with Gasteiger partial charge < -0.3 is 14.7 Å². The molecule has 2 rings (SSSR count). The molecule has 18 heavy (non-hydrogen) atoms. The predicted octanol–water partition coefficient (Wildman–Crippen LogP) is 1.90. The van der Waals surface area contributed by atoms with Crippen molar-refractivity contribution in [2.24, 2.45) is 5.92 Å². The summed E-state index contributed by atoms with van der Waals surface area (Å²) in [6.07, 6.45) is 0.340. The van der Waals surface area contributed by atoms with Gasteiger partial charge in [0.05, 0.1) is 11.6 Å². The highest BCUT2D eigenvalue weighted by atomic mass is 79.9. The summed E-state index contributed by atoms with van der Waals surface area (Å²) in [5, 5.41) is 8.91. The highest BCUT2D eigenvalue weighted by Crippen LogP contribution is 2.32. The number of ether oxygens (including phenoxy) is 1. The Balaban J connectivity index is 2.28.